The normalized spacial score (nSPS) is 18.3. The first-order valence-corrected chi connectivity index (χ1v) is 8.85. The third-order valence-corrected chi connectivity index (χ3v) is 5.07. The molecule has 2 rings (SSSR count). The lowest BCUT2D eigenvalue weighted by molar-refractivity contribution is 0.0167. The Hall–Kier alpha value is -1.75. The molecule has 24 heavy (non-hydrogen) atoms. The van der Waals surface area contributed by atoms with Gasteiger partial charge >= 0.3 is 6.03 Å². The van der Waals surface area contributed by atoms with Crippen LogP contribution in [0.2, 0.25) is 0 Å². The van der Waals surface area contributed by atoms with E-state index in [4.69, 9.17) is 0 Å². The van der Waals surface area contributed by atoms with Gasteiger partial charge in [0.1, 0.15) is 0 Å². The summed E-state index contributed by atoms with van der Waals surface area (Å²) in [6.07, 6.45) is 2.45. The average molecular weight is 332 g/mol. The van der Waals surface area contributed by atoms with Crippen LogP contribution in [0.4, 0.5) is 16.2 Å². The Morgan fingerprint density at radius 3 is 2.46 bits per heavy atom. The Balaban J connectivity index is 1.84. The molecule has 1 saturated heterocycles. The molecule has 2 amide bonds. The predicted molar refractivity (Wildman–Crippen MR) is 97.7 cm³/mol. The molecule has 0 aromatic heterocycles. The van der Waals surface area contributed by atoms with Gasteiger partial charge in [0.25, 0.3) is 0 Å². The van der Waals surface area contributed by atoms with Crippen LogP contribution >= 0.6 is 0 Å². The Morgan fingerprint density at radius 1 is 1.33 bits per heavy atom. The molecular formula is C19H30N3O2. The van der Waals surface area contributed by atoms with E-state index in [-0.39, 0.29) is 12.5 Å². The van der Waals surface area contributed by atoms with Crippen LogP contribution in [-0.2, 0) is 0 Å². The summed E-state index contributed by atoms with van der Waals surface area (Å²) in [5.41, 5.74) is 0.885. The maximum Gasteiger partial charge on any atom is 0.341 e. The number of piperidine rings is 1. The molecule has 5 heteroatoms. The van der Waals surface area contributed by atoms with E-state index in [1.54, 1.807) is 6.92 Å². The maximum atomic E-state index is 11.9. The van der Waals surface area contributed by atoms with Gasteiger partial charge in [0, 0.05) is 25.3 Å². The molecule has 0 bridgehead atoms. The number of benzene rings is 1. The van der Waals surface area contributed by atoms with Gasteiger partial charge in [-0.1, -0.05) is 20.8 Å². The summed E-state index contributed by atoms with van der Waals surface area (Å²) in [5, 5.41) is 16.9. The van der Waals surface area contributed by atoms with E-state index in [1.807, 2.05) is 38.1 Å². The molecule has 1 aromatic carbocycles. The number of nitrogens with one attached hydrogen (secondary N) is 1. The van der Waals surface area contributed by atoms with Crippen LogP contribution in [-0.4, -0.2) is 36.4 Å². The standard InChI is InChI=1S/C19H30N3O2/c1-14(2)19(4,24)13-20-18(23)21-16-5-7-17(8-6-16)22-11-9-15(3)10-12-22/h5-8,14-15,24H,9-13H2,1-4H3,(H,20,23). The van der Waals surface area contributed by atoms with Gasteiger partial charge in [0.05, 0.1) is 11.3 Å². The topological polar surface area (TPSA) is 66.7 Å². The van der Waals surface area contributed by atoms with Crippen LogP contribution in [0.3, 0.4) is 0 Å². The third-order valence-electron chi connectivity index (χ3n) is 5.07. The molecule has 1 atom stereocenters. The molecule has 0 aliphatic carbocycles. The van der Waals surface area contributed by atoms with Crippen molar-refractivity contribution in [1.29, 1.82) is 0 Å². The van der Waals surface area contributed by atoms with Gasteiger partial charge in [-0.15, -0.1) is 0 Å². The molecule has 0 saturated carbocycles. The Bertz CT molecular complexity index is 532. The van der Waals surface area contributed by atoms with Crippen molar-refractivity contribution < 1.29 is 9.90 Å². The number of amides is 2. The predicted octanol–water partition coefficient (Wildman–Crippen LogP) is 3.28. The van der Waals surface area contributed by atoms with Gasteiger partial charge in [-0.2, -0.15) is 5.32 Å². The van der Waals surface area contributed by atoms with E-state index in [0.29, 0.717) is 5.69 Å². The number of urea groups is 1. The smallest absolute Gasteiger partial charge is 0.341 e. The molecule has 1 unspecified atom stereocenters. The van der Waals surface area contributed by atoms with E-state index in [1.165, 1.54) is 18.5 Å². The molecule has 1 aromatic rings. The van der Waals surface area contributed by atoms with Crippen molar-refractivity contribution >= 4 is 17.4 Å². The first kappa shape index (κ1) is 18.6. The fraction of sp³-hybridized carbons (Fsp3) is 0.632. The summed E-state index contributed by atoms with van der Waals surface area (Å²) in [4.78, 5) is 14.3. The maximum absolute atomic E-state index is 11.9. The van der Waals surface area contributed by atoms with E-state index in [0.717, 1.165) is 19.0 Å². The average Bonchev–Trinajstić information content (AvgIpc) is 2.54. The van der Waals surface area contributed by atoms with Gasteiger partial charge in [0.15, 0.2) is 0 Å². The number of hydrogen-bond acceptors (Lipinski definition) is 3. The lowest BCUT2D eigenvalue weighted by Gasteiger charge is -2.32. The molecule has 5 nitrogen and oxygen atoms in total. The number of aliphatic hydroxyl groups is 1. The van der Waals surface area contributed by atoms with Gasteiger partial charge in [-0.3, -0.25) is 0 Å². The molecule has 1 fully saturated rings. The molecule has 1 radical (unpaired) electrons. The quantitative estimate of drug-likeness (QED) is 0.869. The van der Waals surface area contributed by atoms with Crippen LogP contribution in [0.5, 0.6) is 0 Å². The van der Waals surface area contributed by atoms with Crippen molar-refractivity contribution in [3.8, 4) is 0 Å². The minimum Gasteiger partial charge on any atom is -0.388 e. The zero-order valence-corrected chi connectivity index (χ0v) is 15.2. The van der Waals surface area contributed by atoms with Crippen molar-refractivity contribution in [2.75, 3.05) is 24.5 Å². The van der Waals surface area contributed by atoms with Gasteiger partial charge in [-0.05, 0) is 55.9 Å². The molecule has 1 aliphatic rings. The second-order valence-electron chi connectivity index (χ2n) is 7.47. The molecule has 1 heterocycles. The molecule has 1 aliphatic heterocycles. The largest absolute Gasteiger partial charge is 0.388 e. The highest BCUT2D eigenvalue weighted by Crippen LogP contribution is 2.24. The number of nitrogens with zero attached hydrogens (tertiary/aromatic N) is 2. The minimum atomic E-state index is -0.930. The number of rotatable bonds is 5. The number of hydrogen-bond donors (Lipinski definition) is 2. The second kappa shape index (κ2) is 7.88. The van der Waals surface area contributed by atoms with Crippen molar-refractivity contribution in [2.45, 2.75) is 46.1 Å². The van der Waals surface area contributed by atoms with E-state index in [2.05, 4.69) is 22.5 Å². The zero-order valence-electron chi connectivity index (χ0n) is 15.2. The fourth-order valence-electron chi connectivity index (χ4n) is 2.62. The molecule has 0 spiro atoms. The summed E-state index contributed by atoms with van der Waals surface area (Å²) >= 11 is 0. The van der Waals surface area contributed by atoms with Crippen molar-refractivity contribution in [2.24, 2.45) is 11.8 Å². The lowest BCUT2D eigenvalue weighted by Crippen LogP contribution is -2.45. The van der Waals surface area contributed by atoms with Crippen LogP contribution in [0.25, 0.3) is 0 Å². The lowest BCUT2D eigenvalue weighted by atomic mass is 9.93. The fourth-order valence-corrected chi connectivity index (χ4v) is 2.62. The number of carbonyl (C=O) groups excluding carboxylic acids is 1. The summed E-state index contributed by atoms with van der Waals surface area (Å²) in [5.74, 6) is 0.867. The number of anilines is 1. The third kappa shape index (κ3) is 5.13. The van der Waals surface area contributed by atoms with Crippen molar-refractivity contribution in [3.63, 3.8) is 0 Å². The minimum absolute atomic E-state index is 0.0596. The van der Waals surface area contributed by atoms with Gasteiger partial charge in [-0.25, -0.2) is 4.79 Å². The van der Waals surface area contributed by atoms with Crippen LogP contribution in [0.15, 0.2) is 24.3 Å². The Kier molecular flexibility index (Phi) is 6.10. The molecular weight excluding hydrogens is 302 g/mol. The van der Waals surface area contributed by atoms with Gasteiger partial charge < -0.3 is 15.3 Å². The van der Waals surface area contributed by atoms with Crippen molar-refractivity contribution in [3.05, 3.63) is 24.3 Å². The first-order chi connectivity index (χ1) is 11.3. The van der Waals surface area contributed by atoms with Crippen molar-refractivity contribution in [1.82, 2.24) is 10.6 Å². The first-order valence-electron chi connectivity index (χ1n) is 8.85. The Labute approximate surface area is 145 Å². The summed E-state index contributed by atoms with van der Waals surface area (Å²) in [6, 6.07) is 7.36. The van der Waals surface area contributed by atoms with Gasteiger partial charge in [0.2, 0.25) is 0 Å². The van der Waals surface area contributed by atoms with Crippen LogP contribution < -0.4 is 15.5 Å². The second-order valence-corrected chi connectivity index (χ2v) is 7.47. The molecule has 2 N–H and O–H groups in total. The van der Waals surface area contributed by atoms with E-state index in [9.17, 15) is 9.90 Å². The highest BCUT2D eigenvalue weighted by Gasteiger charge is 2.25. The zero-order chi connectivity index (χ0) is 17.7. The van der Waals surface area contributed by atoms with Crippen LogP contribution in [0, 0.1) is 11.8 Å². The number of carbonyl (C=O) groups is 1. The van der Waals surface area contributed by atoms with Crippen LogP contribution in [0.1, 0.15) is 40.5 Å². The highest BCUT2D eigenvalue weighted by molar-refractivity contribution is 5.79. The molecule has 133 valence electrons. The summed E-state index contributed by atoms with van der Waals surface area (Å²) < 4.78 is 0. The van der Waals surface area contributed by atoms with E-state index >= 15 is 0 Å². The highest BCUT2D eigenvalue weighted by atomic mass is 16.3. The SMILES string of the molecule is CC1CCN(c2ccc([N]C(=O)NCC(C)(O)C(C)C)cc2)CC1. The van der Waals surface area contributed by atoms with E-state index < -0.39 is 11.6 Å². The summed E-state index contributed by atoms with van der Waals surface area (Å²) in [7, 11) is 0. The Morgan fingerprint density at radius 2 is 1.92 bits per heavy atom. The monoisotopic (exact) mass is 332 g/mol. The summed E-state index contributed by atoms with van der Waals surface area (Å²) in [6.45, 7) is 10.2.